The van der Waals surface area contributed by atoms with Crippen LogP contribution in [0, 0.1) is 0 Å². The fourth-order valence-electron chi connectivity index (χ4n) is 3.25. The molecule has 0 amide bonds. The van der Waals surface area contributed by atoms with Gasteiger partial charge in [-0.3, -0.25) is 0 Å². The van der Waals surface area contributed by atoms with Crippen LogP contribution in [0.5, 0.6) is 0 Å². The van der Waals surface area contributed by atoms with Gasteiger partial charge in [-0.2, -0.15) is 11.8 Å². The quantitative estimate of drug-likeness (QED) is 0.773. The van der Waals surface area contributed by atoms with Gasteiger partial charge >= 0.3 is 0 Å². The van der Waals surface area contributed by atoms with Crippen LogP contribution in [0.15, 0.2) is 0 Å². The highest BCUT2D eigenvalue weighted by atomic mass is 32.2. The van der Waals surface area contributed by atoms with E-state index in [-0.39, 0.29) is 0 Å². The van der Waals surface area contributed by atoms with Gasteiger partial charge in [0, 0.05) is 17.3 Å². The lowest BCUT2D eigenvalue weighted by molar-refractivity contribution is 0.158. The largest absolute Gasteiger partial charge is 0.313 e. The molecule has 2 fully saturated rings. The van der Waals surface area contributed by atoms with Crippen molar-refractivity contribution in [3.05, 3.63) is 0 Å². The maximum absolute atomic E-state index is 3.78. The molecule has 2 saturated heterocycles. The predicted molar refractivity (Wildman–Crippen MR) is 82.4 cm³/mol. The molecule has 2 rings (SSSR count). The van der Waals surface area contributed by atoms with Crippen molar-refractivity contribution in [2.75, 3.05) is 25.4 Å². The number of nitrogens with one attached hydrogen (secondary N) is 1. The summed E-state index contributed by atoms with van der Waals surface area (Å²) in [5.74, 6) is 1.37. The van der Waals surface area contributed by atoms with Crippen LogP contribution in [0.4, 0.5) is 0 Å². The number of thioether (sulfide) groups is 1. The second-order valence-corrected chi connectivity index (χ2v) is 7.50. The van der Waals surface area contributed by atoms with Gasteiger partial charge in [-0.1, -0.05) is 13.3 Å². The maximum Gasteiger partial charge on any atom is 0.0184 e. The molecule has 2 aliphatic rings. The summed E-state index contributed by atoms with van der Waals surface area (Å²) in [6, 6.07) is 1.59. The van der Waals surface area contributed by atoms with Gasteiger partial charge in [0.05, 0.1) is 0 Å². The van der Waals surface area contributed by atoms with E-state index in [0.29, 0.717) is 0 Å². The highest BCUT2D eigenvalue weighted by Crippen LogP contribution is 2.25. The first-order valence-electron chi connectivity index (χ1n) is 7.86. The summed E-state index contributed by atoms with van der Waals surface area (Å²) in [5, 5.41) is 4.59. The van der Waals surface area contributed by atoms with Gasteiger partial charge in [0.15, 0.2) is 0 Å². The molecule has 0 aromatic heterocycles. The molecule has 0 aliphatic carbocycles. The highest BCUT2D eigenvalue weighted by molar-refractivity contribution is 7.99. The molecule has 0 saturated carbocycles. The number of likely N-dealkylation sites (tertiary alicyclic amines) is 1. The SMILES string of the molecule is CC1SCCCC1NCCCN1CCCCC1C. The first kappa shape index (κ1) is 14.7. The zero-order valence-corrected chi connectivity index (χ0v) is 13.0. The van der Waals surface area contributed by atoms with Crippen molar-refractivity contribution in [3.63, 3.8) is 0 Å². The Morgan fingerprint density at radius 3 is 2.83 bits per heavy atom. The molecule has 0 radical (unpaired) electrons. The van der Waals surface area contributed by atoms with Crippen LogP contribution < -0.4 is 5.32 Å². The monoisotopic (exact) mass is 270 g/mol. The van der Waals surface area contributed by atoms with Crippen molar-refractivity contribution in [1.82, 2.24) is 10.2 Å². The zero-order chi connectivity index (χ0) is 12.8. The van der Waals surface area contributed by atoms with Gasteiger partial charge in [-0.15, -0.1) is 0 Å². The number of hydrogen-bond acceptors (Lipinski definition) is 3. The minimum Gasteiger partial charge on any atom is -0.313 e. The second-order valence-electron chi connectivity index (χ2n) is 6.01. The van der Waals surface area contributed by atoms with Gasteiger partial charge in [-0.25, -0.2) is 0 Å². The first-order valence-corrected chi connectivity index (χ1v) is 8.91. The summed E-state index contributed by atoms with van der Waals surface area (Å²) < 4.78 is 0. The van der Waals surface area contributed by atoms with E-state index in [2.05, 4.69) is 35.8 Å². The van der Waals surface area contributed by atoms with Crippen LogP contribution in [-0.2, 0) is 0 Å². The Morgan fingerprint density at radius 1 is 1.17 bits per heavy atom. The third-order valence-corrected chi connectivity index (χ3v) is 5.95. The Hall–Kier alpha value is 0.270. The van der Waals surface area contributed by atoms with Gasteiger partial charge in [-0.05, 0) is 64.4 Å². The molecule has 3 unspecified atom stereocenters. The molecule has 2 heterocycles. The molecule has 0 aromatic rings. The van der Waals surface area contributed by atoms with E-state index < -0.39 is 0 Å². The normalized spacial score (nSPS) is 34.7. The number of piperidine rings is 1. The Labute approximate surface area is 117 Å². The van der Waals surface area contributed by atoms with Gasteiger partial charge < -0.3 is 10.2 Å². The molecule has 1 N–H and O–H groups in total. The minimum absolute atomic E-state index is 0.766. The molecule has 3 atom stereocenters. The molecule has 2 nitrogen and oxygen atoms in total. The summed E-state index contributed by atoms with van der Waals surface area (Å²) in [5.41, 5.74) is 0. The fourth-order valence-corrected chi connectivity index (χ4v) is 4.42. The second kappa shape index (κ2) is 7.76. The topological polar surface area (TPSA) is 15.3 Å². The molecule has 0 aromatic carbocycles. The van der Waals surface area contributed by atoms with Crippen LogP contribution in [0.3, 0.4) is 0 Å². The van der Waals surface area contributed by atoms with Crippen LogP contribution in [0.25, 0.3) is 0 Å². The van der Waals surface area contributed by atoms with E-state index in [1.54, 1.807) is 0 Å². The Bertz CT molecular complexity index is 211. The first-order chi connectivity index (χ1) is 8.77. The third-order valence-electron chi connectivity index (χ3n) is 4.58. The lowest BCUT2D eigenvalue weighted by Crippen LogP contribution is -2.42. The molecule has 0 spiro atoms. The average Bonchev–Trinajstić information content (AvgIpc) is 2.38. The van der Waals surface area contributed by atoms with Crippen molar-refractivity contribution < 1.29 is 0 Å². The molecular weight excluding hydrogens is 240 g/mol. The van der Waals surface area contributed by atoms with E-state index in [1.165, 1.54) is 63.9 Å². The highest BCUT2D eigenvalue weighted by Gasteiger charge is 2.21. The lowest BCUT2D eigenvalue weighted by atomic mass is 10.0. The van der Waals surface area contributed by atoms with E-state index in [4.69, 9.17) is 0 Å². The van der Waals surface area contributed by atoms with Crippen LogP contribution in [0.2, 0.25) is 0 Å². The zero-order valence-electron chi connectivity index (χ0n) is 12.2. The van der Waals surface area contributed by atoms with E-state index >= 15 is 0 Å². The summed E-state index contributed by atoms with van der Waals surface area (Å²) >= 11 is 2.14. The van der Waals surface area contributed by atoms with Crippen molar-refractivity contribution in [2.45, 2.75) is 69.7 Å². The van der Waals surface area contributed by atoms with Crippen molar-refractivity contribution >= 4 is 11.8 Å². The van der Waals surface area contributed by atoms with Gasteiger partial charge in [0.1, 0.15) is 0 Å². The minimum atomic E-state index is 0.766. The van der Waals surface area contributed by atoms with Crippen LogP contribution in [0.1, 0.15) is 52.4 Å². The molecular formula is C15H30N2S. The van der Waals surface area contributed by atoms with Gasteiger partial charge in [0.25, 0.3) is 0 Å². The Kier molecular flexibility index (Phi) is 6.33. The van der Waals surface area contributed by atoms with Crippen LogP contribution >= 0.6 is 11.8 Å². The van der Waals surface area contributed by atoms with E-state index in [9.17, 15) is 0 Å². The van der Waals surface area contributed by atoms with Crippen molar-refractivity contribution in [3.8, 4) is 0 Å². The fraction of sp³-hybridized carbons (Fsp3) is 1.00. The Balaban J connectivity index is 1.57. The predicted octanol–water partition coefficient (Wildman–Crippen LogP) is 3.12. The molecule has 0 bridgehead atoms. The summed E-state index contributed by atoms with van der Waals surface area (Å²) in [6.45, 7) is 8.61. The van der Waals surface area contributed by atoms with Gasteiger partial charge in [0.2, 0.25) is 0 Å². The summed E-state index contributed by atoms with van der Waals surface area (Å²) in [4.78, 5) is 2.68. The number of hydrogen-bond donors (Lipinski definition) is 1. The van der Waals surface area contributed by atoms with Crippen LogP contribution in [-0.4, -0.2) is 47.6 Å². The molecule has 3 heteroatoms. The molecule has 106 valence electrons. The smallest absolute Gasteiger partial charge is 0.0184 e. The summed E-state index contributed by atoms with van der Waals surface area (Å²) in [7, 11) is 0. The van der Waals surface area contributed by atoms with Crippen molar-refractivity contribution in [1.29, 1.82) is 0 Å². The maximum atomic E-state index is 3.78. The molecule has 18 heavy (non-hydrogen) atoms. The Morgan fingerprint density at radius 2 is 2.06 bits per heavy atom. The van der Waals surface area contributed by atoms with E-state index in [1.807, 2.05) is 0 Å². The number of rotatable bonds is 5. The third kappa shape index (κ3) is 4.43. The van der Waals surface area contributed by atoms with E-state index in [0.717, 1.165) is 17.3 Å². The lowest BCUT2D eigenvalue weighted by Gasteiger charge is -2.34. The average molecular weight is 270 g/mol. The molecule has 2 aliphatic heterocycles. The van der Waals surface area contributed by atoms with Crippen molar-refractivity contribution in [2.24, 2.45) is 0 Å². The standard InChI is InChI=1S/C15H30N2S/c1-13-7-3-4-10-17(13)11-6-9-16-15-8-5-12-18-14(15)2/h13-16H,3-12H2,1-2H3. The summed E-state index contributed by atoms with van der Waals surface area (Å²) in [6.07, 6.45) is 8.35. The number of nitrogens with zero attached hydrogens (tertiary/aromatic N) is 1.